The molecule has 0 fully saturated rings. The van der Waals surface area contributed by atoms with E-state index in [9.17, 15) is 8.78 Å². The lowest BCUT2D eigenvalue weighted by molar-refractivity contribution is -0.0511. The lowest BCUT2D eigenvalue weighted by Crippen LogP contribution is -2.03. The number of pyridine rings is 1. The van der Waals surface area contributed by atoms with Gasteiger partial charge in [0.05, 0.1) is 23.8 Å². The van der Waals surface area contributed by atoms with E-state index in [1.165, 1.54) is 24.9 Å². The first-order valence-corrected chi connectivity index (χ1v) is 8.11. The molecule has 3 aromatic rings. The van der Waals surface area contributed by atoms with Crippen LogP contribution in [0.25, 0.3) is 11.0 Å². The molecule has 0 saturated heterocycles. The van der Waals surface area contributed by atoms with Gasteiger partial charge in [-0.1, -0.05) is 17.8 Å². The summed E-state index contributed by atoms with van der Waals surface area (Å²) in [6.07, 6.45) is 1.75. The second-order valence-corrected chi connectivity index (χ2v) is 5.96. The molecule has 3 rings (SSSR count). The second kappa shape index (κ2) is 7.04. The van der Waals surface area contributed by atoms with Gasteiger partial charge in [0.15, 0.2) is 16.7 Å². The Morgan fingerprint density at radius 2 is 2.12 bits per heavy atom. The Bertz CT molecular complexity index is 854. The van der Waals surface area contributed by atoms with Crippen LogP contribution in [-0.2, 0) is 5.75 Å². The van der Waals surface area contributed by atoms with Crippen LogP contribution in [0.3, 0.4) is 0 Å². The molecule has 0 saturated carbocycles. The van der Waals surface area contributed by atoms with Crippen LogP contribution < -0.4 is 9.47 Å². The van der Waals surface area contributed by atoms with Gasteiger partial charge in [-0.3, -0.25) is 4.98 Å². The predicted molar refractivity (Wildman–Crippen MR) is 87.8 cm³/mol. The highest BCUT2D eigenvalue weighted by atomic mass is 32.2. The summed E-state index contributed by atoms with van der Waals surface area (Å²) in [7, 11) is 1.40. The van der Waals surface area contributed by atoms with Crippen molar-refractivity contribution >= 4 is 22.8 Å². The summed E-state index contributed by atoms with van der Waals surface area (Å²) in [6.45, 7) is -0.920. The third-order valence-electron chi connectivity index (χ3n) is 3.43. The van der Waals surface area contributed by atoms with E-state index < -0.39 is 6.61 Å². The van der Waals surface area contributed by atoms with Crippen molar-refractivity contribution in [1.29, 1.82) is 0 Å². The van der Waals surface area contributed by atoms with Crippen molar-refractivity contribution in [3.05, 3.63) is 41.7 Å². The molecule has 24 heavy (non-hydrogen) atoms. The molecule has 2 heterocycles. The number of thioether (sulfide) groups is 1. The molecule has 2 aromatic heterocycles. The van der Waals surface area contributed by atoms with Crippen LogP contribution in [0.4, 0.5) is 8.78 Å². The number of imidazole rings is 1. The van der Waals surface area contributed by atoms with Gasteiger partial charge < -0.3 is 14.5 Å². The van der Waals surface area contributed by atoms with E-state index in [0.29, 0.717) is 21.9 Å². The number of methoxy groups -OCH3 is 1. The maximum absolute atomic E-state index is 12.5. The number of hydrogen-bond acceptors (Lipinski definition) is 5. The van der Waals surface area contributed by atoms with Crippen LogP contribution in [0, 0.1) is 6.92 Å². The molecule has 0 amide bonds. The van der Waals surface area contributed by atoms with Gasteiger partial charge in [-0.15, -0.1) is 0 Å². The van der Waals surface area contributed by atoms with E-state index in [4.69, 9.17) is 4.74 Å². The molecule has 126 valence electrons. The molecule has 1 aromatic carbocycles. The Balaban J connectivity index is 1.84. The maximum Gasteiger partial charge on any atom is 0.387 e. The normalized spacial score (nSPS) is 11.2. The number of alkyl halides is 2. The summed E-state index contributed by atoms with van der Waals surface area (Å²) in [5.41, 5.74) is 3.30. The average molecular weight is 351 g/mol. The lowest BCUT2D eigenvalue weighted by Gasteiger charge is -2.09. The molecule has 0 bridgehead atoms. The van der Waals surface area contributed by atoms with E-state index in [0.717, 1.165) is 11.3 Å². The summed E-state index contributed by atoms with van der Waals surface area (Å²) < 4.78 is 34.5. The fourth-order valence-electron chi connectivity index (χ4n) is 2.22. The van der Waals surface area contributed by atoms with Gasteiger partial charge in [0.1, 0.15) is 0 Å². The number of ether oxygens (including phenoxy) is 2. The molecule has 0 aliphatic heterocycles. The molecule has 0 aliphatic carbocycles. The smallest absolute Gasteiger partial charge is 0.387 e. The van der Waals surface area contributed by atoms with Gasteiger partial charge >= 0.3 is 6.61 Å². The van der Waals surface area contributed by atoms with E-state index >= 15 is 0 Å². The summed E-state index contributed by atoms with van der Waals surface area (Å²) in [6, 6.07) is 6.92. The molecule has 1 N–H and O–H groups in total. The molecule has 0 spiro atoms. The molecular weight excluding hydrogens is 336 g/mol. The zero-order chi connectivity index (χ0) is 17.1. The standard InChI is InChI=1S/C16H15F2N3O2S/c1-9-4-3-5-19-12(9)8-24-16-20-10-6-13(22-2)14(23-15(17)18)7-11(10)21-16/h3-7,15H,8H2,1-2H3,(H,20,21). The number of rotatable bonds is 6. The van der Waals surface area contributed by atoms with Gasteiger partial charge in [-0.05, 0) is 18.6 Å². The number of benzene rings is 1. The molecule has 0 aliphatic rings. The number of aromatic amines is 1. The largest absolute Gasteiger partial charge is 0.493 e. The van der Waals surface area contributed by atoms with Crippen LogP contribution in [0.2, 0.25) is 0 Å². The van der Waals surface area contributed by atoms with E-state index in [-0.39, 0.29) is 11.5 Å². The van der Waals surface area contributed by atoms with E-state index in [2.05, 4.69) is 19.7 Å². The van der Waals surface area contributed by atoms with Crippen LogP contribution >= 0.6 is 11.8 Å². The number of aromatic nitrogens is 3. The Morgan fingerprint density at radius 1 is 1.29 bits per heavy atom. The van der Waals surface area contributed by atoms with Gasteiger partial charge in [0, 0.05) is 24.1 Å². The average Bonchev–Trinajstić information content (AvgIpc) is 2.94. The van der Waals surface area contributed by atoms with Crippen molar-refractivity contribution in [2.24, 2.45) is 0 Å². The van der Waals surface area contributed by atoms with Gasteiger partial charge in [0.2, 0.25) is 0 Å². The Morgan fingerprint density at radius 3 is 2.83 bits per heavy atom. The van der Waals surface area contributed by atoms with Crippen LogP contribution in [-0.4, -0.2) is 28.7 Å². The number of nitrogens with zero attached hydrogens (tertiary/aromatic N) is 2. The first-order chi connectivity index (χ1) is 11.6. The third-order valence-corrected chi connectivity index (χ3v) is 4.31. The lowest BCUT2D eigenvalue weighted by atomic mass is 10.2. The summed E-state index contributed by atoms with van der Waals surface area (Å²) in [4.78, 5) is 11.9. The number of hydrogen-bond donors (Lipinski definition) is 1. The number of halogens is 2. The first-order valence-electron chi connectivity index (χ1n) is 7.12. The SMILES string of the molecule is COc1cc2[nH]c(SCc3ncccc3C)nc2cc1OC(F)F. The Kier molecular flexibility index (Phi) is 4.84. The van der Waals surface area contributed by atoms with Crippen molar-refractivity contribution in [1.82, 2.24) is 15.0 Å². The highest BCUT2D eigenvalue weighted by Crippen LogP contribution is 2.34. The highest BCUT2D eigenvalue weighted by Gasteiger charge is 2.14. The van der Waals surface area contributed by atoms with Crippen molar-refractivity contribution < 1.29 is 18.3 Å². The summed E-state index contributed by atoms with van der Waals surface area (Å²) in [5.74, 6) is 0.844. The first kappa shape index (κ1) is 16.5. The quantitative estimate of drug-likeness (QED) is 0.676. The summed E-state index contributed by atoms with van der Waals surface area (Å²) >= 11 is 1.49. The fourth-order valence-corrected chi connectivity index (χ4v) is 3.14. The third kappa shape index (κ3) is 3.59. The molecule has 5 nitrogen and oxygen atoms in total. The number of H-pyrrole nitrogens is 1. The molecule has 8 heteroatoms. The molecule has 0 atom stereocenters. The van der Waals surface area contributed by atoms with Gasteiger partial charge in [-0.25, -0.2) is 4.98 Å². The number of nitrogens with one attached hydrogen (secondary N) is 1. The van der Waals surface area contributed by atoms with E-state index in [1.54, 1.807) is 12.3 Å². The van der Waals surface area contributed by atoms with Crippen molar-refractivity contribution in [2.75, 3.05) is 7.11 Å². The van der Waals surface area contributed by atoms with Crippen LogP contribution in [0.1, 0.15) is 11.3 Å². The van der Waals surface area contributed by atoms with E-state index in [1.807, 2.05) is 19.1 Å². The monoisotopic (exact) mass is 351 g/mol. The van der Waals surface area contributed by atoms with Crippen LogP contribution in [0.5, 0.6) is 11.5 Å². The fraction of sp³-hybridized carbons (Fsp3) is 0.250. The van der Waals surface area contributed by atoms with Gasteiger partial charge in [-0.2, -0.15) is 8.78 Å². The predicted octanol–water partition coefficient (Wildman–Crippen LogP) is 4.17. The zero-order valence-electron chi connectivity index (χ0n) is 13.0. The molecular formula is C16H15F2N3O2S. The van der Waals surface area contributed by atoms with Crippen LogP contribution in [0.15, 0.2) is 35.6 Å². The Hall–Kier alpha value is -2.35. The number of aryl methyl sites for hydroxylation is 1. The minimum absolute atomic E-state index is 0.0383. The Labute approximate surface area is 141 Å². The minimum Gasteiger partial charge on any atom is -0.493 e. The highest BCUT2D eigenvalue weighted by molar-refractivity contribution is 7.98. The molecule has 0 radical (unpaired) electrons. The molecule has 0 unspecified atom stereocenters. The zero-order valence-corrected chi connectivity index (χ0v) is 13.9. The van der Waals surface area contributed by atoms with Crippen molar-refractivity contribution in [3.63, 3.8) is 0 Å². The van der Waals surface area contributed by atoms with Crippen molar-refractivity contribution in [3.8, 4) is 11.5 Å². The second-order valence-electron chi connectivity index (χ2n) is 5.00. The minimum atomic E-state index is -2.92. The summed E-state index contributed by atoms with van der Waals surface area (Å²) in [5, 5.41) is 0.673. The maximum atomic E-state index is 12.5. The van der Waals surface area contributed by atoms with Crippen molar-refractivity contribution in [2.45, 2.75) is 24.4 Å². The van der Waals surface area contributed by atoms with Gasteiger partial charge in [0.25, 0.3) is 0 Å². The number of fused-ring (bicyclic) bond motifs is 1. The topological polar surface area (TPSA) is 60.0 Å².